The van der Waals surface area contributed by atoms with E-state index in [1.165, 1.54) is 32.1 Å². The van der Waals surface area contributed by atoms with Gasteiger partial charge in [-0.15, -0.1) is 0 Å². The zero-order valence-electron chi connectivity index (χ0n) is 9.88. The van der Waals surface area contributed by atoms with E-state index in [-0.39, 0.29) is 0 Å². The summed E-state index contributed by atoms with van der Waals surface area (Å²) >= 11 is 0. The third kappa shape index (κ3) is 4.43. The summed E-state index contributed by atoms with van der Waals surface area (Å²) in [5.41, 5.74) is 3.18. The molecule has 1 atom stereocenters. The van der Waals surface area contributed by atoms with Crippen LogP contribution in [-0.2, 0) is 4.84 Å². The summed E-state index contributed by atoms with van der Waals surface area (Å²) in [6.07, 6.45) is 6.98. The Balaban J connectivity index is 2.10. The predicted molar refractivity (Wildman–Crippen MR) is 60.0 cm³/mol. The van der Waals surface area contributed by atoms with Crippen molar-refractivity contribution in [1.82, 2.24) is 5.48 Å². The molecule has 0 bridgehead atoms. The normalized spacial score (nSPS) is 21.4. The summed E-state index contributed by atoms with van der Waals surface area (Å²) in [5, 5.41) is 0. The smallest absolute Gasteiger partial charge is 0.0705 e. The molecule has 0 aromatic carbocycles. The molecule has 0 radical (unpaired) electrons. The van der Waals surface area contributed by atoms with Gasteiger partial charge in [-0.1, -0.05) is 33.1 Å². The Bertz CT molecular complexity index is 141. The zero-order chi connectivity index (χ0) is 10.4. The summed E-state index contributed by atoms with van der Waals surface area (Å²) in [4.78, 5) is 5.46. The molecule has 0 amide bonds. The van der Waals surface area contributed by atoms with E-state index in [2.05, 4.69) is 26.3 Å². The van der Waals surface area contributed by atoms with Crippen LogP contribution >= 0.6 is 0 Å². The Morgan fingerprint density at radius 2 is 1.79 bits per heavy atom. The second kappa shape index (κ2) is 6.41. The molecule has 0 aliphatic heterocycles. The molecule has 1 aliphatic rings. The molecular weight excluding hydrogens is 174 g/mol. The van der Waals surface area contributed by atoms with Crippen LogP contribution in [-0.4, -0.2) is 12.6 Å². The minimum absolute atomic E-state index is 0.522. The van der Waals surface area contributed by atoms with Crippen LogP contribution in [0.15, 0.2) is 0 Å². The van der Waals surface area contributed by atoms with Crippen LogP contribution in [0, 0.1) is 11.8 Å². The molecule has 0 saturated heterocycles. The van der Waals surface area contributed by atoms with Crippen molar-refractivity contribution in [2.45, 2.75) is 58.9 Å². The molecule has 1 saturated carbocycles. The third-order valence-electron chi connectivity index (χ3n) is 3.04. The Labute approximate surface area is 88.4 Å². The minimum atomic E-state index is 0.522. The first-order valence-electron chi connectivity index (χ1n) is 6.07. The maximum Gasteiger partial charge on any atom is 0.0705 e. The van der Waals surface area contributed by atoms with E-state index >= 15 is 0 Å². The summed E-state index contributed by atoms with van der Waals surface area (Å²) in [6, 6.07) is 0.522. The van der Waals surface area contributed by atoms with Gasteiger partial charge in [0.15, 0.2) is 0 Å². The van der Waals surface area contributed by atoms with Gasteiger partial charge in [0.05, 0.1) is 6.61 Å². The van der Waals surface area contributed by atoms with Crippen LogP contribution in [0.5, 0.6) is 0 Å². The standard InChI is InChI=1S/C12H25NO/c1-10(2)9-14-13-11(3)12-7-5-4-6-8-12/h10-13H,4-9H2,1-3H3. The topological polar surface area (TPSA) is 21.3 Å². The van der Waals surface area contributed by atoms with Crippen LogP contribution < -0.4 is 5.48 Å². The number of rotatable bonds is 5. The summed E-state index contributed by atoms with van der Waals surface area (Å²) in [7, 11) is 0. The van der Waals surface area contributed by atoms with Crippen molar-refractivity contribution >= 4 is 0 Å². The van der Waals surface area contributed by atoms with Gasteiger partial charge in [-0.3, -0.25) is 0 Å². The Hall–Kier alpha value is -0.0800. The van der Waals surface area contributed by atoms with Gasteiger partial charge in [-0.25, -0.2) is 0 Å². The molecule has 2 nitrogen and oxygen atoms in total. The molecule has 1 unspecified atom stereocenters. The molecular formula is C12H25NO. The van der Waals surface area contributed by atoms with Gasteiger partial charge >= 0.3 is 0 Å². The lowest BCUT2D eigenvalue weighted by molar-refractivity contribution is -0.0120. The summed E-state index contributed by atoms with van der Waals surface area (Å²) < 4.78 is 0. The highest BCUT2D eigenvalue weighted by atomic mass is 16.6. The fraction of sp³-hybridized carbons (Fsp3) is 1.00. The maximum absolute atomic E-state index is 5.46. The van der Waals surface area contributed by atoms with E-state index in [1.807, 2.05) is 0 Å². The van der Waals surface area contributed by atoms with Crippen molar-refractivity contribution in [3.8, 4) is 0 Å². The van der Waals surface area contributed by atoms with Crippen molar-refractivity contribution in [3.63, 3.8) is 0 Å². The van der Waals surface area contributed by atoms with Crippen LogP contribution in [0.25, 0.3) is 0 Å². The van der Waals surface area contributed by atoms with Gasteiger partial charge in [0.25, 0.3) is 0 Å². The highest BCUT2D eigenvalue weighted by Crippen LogP contribution is 2.26. The van der Waals surface area contributed by atoms with Gasteiger partial charge < -0.3 is 4.84 Å². The zero-order valence-corrected chi connectivity index (χ0v) is 9.88. The van der Waals surface area contributed by atoms with Crippen molar-refractivity contribution in [3.05, 3.63) is 0 Å². The highest BCUT2D eigenvalue weighted by molar-refractivity contribution is 4.73. The largest absolute Gasteiger partial charge is 0.301 e. The van der Waals surface area contributed by atoms with Crippen molar-refractivity contribution in [2.75, 3.05) is 6.61 Å². The Morgan fingerprint density at radius 3 is 2.36 bits per heavy atom. The molecule has 2 heteroatoms. The van der Waals surface area contributed by atoms with Gasteiger partial charge in [0, 0.05) is 6.04 Å². The second-order valence-corrected chi connectivity index (χ2v) is 5.01. The fourth-order valence-electron chi connectivity index (χ4n) is 2.08. The first kappa shape index (κ1) is 12.0. The van der Waals surface area contributed by atoms with Crippen LogP contribution in [0.3, 0.4) is 0 Å². The number of hydrogen-bond acceptors (Lipinski definition) is 2. The molecule has 0 aromatic heterocycles. The van der Waals surface area contributed by atoms with Gasteiger partial charge in [-0.05, 0) is 31.6 Å². The average molecular weight is 199 g/mol. The average Bonchev–Trinajstić information content (AvgIpc) is 2.18. The lowest BCUT2D eigenvalue weighted by Gasteiger charge is -2.28. The number of hydrogen-bond donors (Lipinski definition) is 1. The van der Waals surface area contributed by atoms with E-state index in [0.717, 1.165) is 12.5 Å². The quantitative estimate of drug-likeness (QED) is 0.687. The highest BCUT2D eigenvalue weighted by Gasteiger charge is 2.19. The van der Waals surface area contributed by atoms with Gasteiger partial charge in [0.1, 0.15) is 0 Å². The van der Waals surface area contributed by atoms with Crippen LogP contribution in [0.1, 0.15) is 52.9 Å². The van der Waals surface area contributed by atoms with Gasteiger partial charge in [0.2, 0.25) is 0 Å². The van der Waals surface area contributed by atoms with Crippen LogP contribution in [0.4, 0.5) is 0 Å². The molecule has 1 rings (SSSR count). The first-order valence-corrected chi connectivity index (χ1v) is 6.07. The summed E-state index contributed by atoms with van der Waals surface area (Å²) in [5.74, 6) is 1.44. The van der Waals surface area contributed by atoms with E-state index < -0.39 is 0 Å². The van der Waals surface area contributed by atoms with Crippen molar-refractivity contribution in [1.29, 1.82) is 0 Å². The molecule has 0 aromatic rings. The Morgan fingerprint density at radius 1 is 1.14 bits per heavy atom. The van der Waals surface area contributed by atoms with E-state index in [9.17, 15) is 0 Å². The molecule has 14 heavy (non-hydrogen) atoms. The molecule has 0 spiro atoms. The predicted octanol–water partition coefficient (Wildman–Crippen LogP) is 3.13. The van der Waals surface area contributed by atoms with E-state index in [0.29, 0.717) is 12.0 Å². The van der Waals surface area contributed by atoms with Gasteiger partial charge in [-0.2, -0.15) is 5.48 Å². The maximum atomic E-state index is 5.46. The second-order valence-electron chi connectivity index (χ2n) is 5.01. The summed E-state index contributed by atoms with van der Waals surface area (Å²) in [6.45, 7) is 7.41. The van der Waals surface area contributed by atoms with Crippen molar-refractivity contribution in [2.24, 2.45) is 11.8 Å². The van der Waals surface area contributed by atoms with Crippen LogP contribution in [0.2, 0.25) is 0 Å². The molecule has 1 N–H and O–H groups in total. The number of hydroxylamine groups is 1. The van der Waals surface area contributed by atoms with E-state index in [1.54, 1.807) is 0 Å². The molecule has 84 valence electrons. The first-order chi connectivity index (χ1) is 6.70. The number of nitrogens with one attached hydrogen (secondary N) is 1. The minimum Gasteiger partial charge on any atom is -0.301 e. The van der Waals surface area contributed by atoms with Crippen molar-refractivity contribution < 1.29 is 4.84 Å². The SMILES string of the molecule is CC(C)CONC(C)C1CCCCC1. The monoisotopic (exact) mass is 199 g/mol. The molecule has 0 heterocycles. The Kier molecular flexibility index (Phi) is 5.49. The van der Waals surface area contributed by atoms with E-state index in [4.69, 9.17) is 4.84 Å². The molecule has 1 fully saturated rings. The third-order valence-corrected chi connectivity index (χ3v) is 3.04. The fourth-order valence-corrected chi connectivity index (χ4v) is 2.08. The molecule has 1 aliphatic carbocycles. The lowest BCUT2D eigenvalue weighted by atomic mass is 9.85. The lowest BCUT2D eigenvalue weighted by Crippen LogP contribution is -2.35.